The molecule has 0 aliphatic heterocycles. The Morgan fingerprint density at radius 1 is 0.579 bits per heavy atom. The van der Waals surface area contributed by atoms with E-state index in [0.717, 1.165) is 26.0 Å². The Morgan fingerprint density at radius 3 is 1.79 bits per heavy atom. The zero-order valence-corrected chi connectivity index (χ0v) is 25.4. The maximum Gasteiger partial charge on any atom is 0.0474 e. The summed E-state index contributed by atoms with van der Waals surface area (Å²) in [5, 5.41) is 2.51. The lowest BCUT2D eigenvalue weighted by atomic mass is 9.82. The average Bonchev–Trinajstić information content (AvgIpc) is 3.08. The lowest BCUT2D eigenvalue weighted by Crippen LogP contribution is -2.17. The number of hydrogen-bond acceptors (Lipinski definition) is 1. The van der Waals surface area contributed by atoms with Gasteiger partial charge in [-0.05, 0) is 111 Å². The average molecular weight is 625 g/mol. The van der Waals surface area contributed by atoms with Crippen LogP contribution in [0.15, 0.2) is 112 Å². The summed E-state index contributed by atoms with van der Waals surface area (Å²) in [4.78, 5) is 2.34. The van der Waals surface area contributed by atoms with Crippen LogP contribution in [0.3, 0.4) is 0 Å². The van der Waals surface area contributed by atoms with Crippen LogP contribution in [0.2, 0.25) is 0 Å². The number of fused-ring (bicyclic) bond motifs is 2. The molecule has 0 amide bonds. The van der Waals surface area contributed by atoms with Crippen molar-refractivity contribution in [3.8, 4) is 11.1 Å². The van der Waals surface area contributed by atoms with E-state index in [1.807, 2.05) is 0 Å². The Balaban J connectivity index is 1.59. The van der Waals surface area contributed by atoms with Gasteiger partial charge < -0.3 is 4.90 Å². The molecule has 38 heavy (non-hydrogen) atoms. The smallest absolute Gasteiger partial charge is 0.0474 e. The molecule has 1 nitrogen and oxygen atoms in total. The number of benzene rings is 5. The summed E-state index contributed by atoms with van der Waals surface area (Å²) in [6.07, 6.45) is 1.17. The molecule has 5 aromatic carbocycles. The zero-order valence-electron chi connectivity index (χ0n) is 22.2. The Labute approximate surface area is 242 Å². The minimum absolute atomic E-state index is 0.156. The van der Waals surface area contributed by atoms with Crippen molar-refractivity contribution in [2.75, 3.05) is 4.90 Å². The van der Waals surface area contributed by atoms with Gasteiger partial charge in [0.15, 0.2) is 0 Å². The third-order valence-corrected chi connectivity index (χ3v) is 9.00. The van der Waals surface area contributed by atoms with E-state index >= 15 is 0 Å². The number of hydrogen-bond donors (Lipinski definition) is 0. The number of rotatable bonds is 4. The summed E-state index contributed by atoms with van der Waals surface area (Å²) < 4.78 is 2.14. The van der Waals surface area contributed by atoms with Crippen LogP contribution in [0.25, 0.3) is 21.9 Å². The molecule has 0 saturated carbocycles. The number of nitrogens with zero attached hydrogens (tertiary/aromatic N) is 1. The summed E-state index contributed by atoms with van der Waals surface area (Å²) in [6, 6.07) is 37.7. The van der Waals surface area contributed by atoms with Crippen molar-refractivity contribution in [3.05, 3.63) is 123 Å². The Kier molecular flexibility index (Phi) is 6.28. The summed E-state index contributed by atoms with van der Waals surface area (Å²) in [5.41, 5.74) is 9.24. The van der Waals surface area contributed by atoms with Crippen LogP contribution < -0.4 is 4.90 Å². The molecule has 1 aliphatic carbocycles. The van der Waals surface area contributed by atoms with Crippen molar-refractivity contribution in [2.24, 2.45) is 0 Å². The first-order valence-electron chi connectivity index (χ1n) is 13.1. The van der Waals surface area contributed by atoms with Crippen molar-refractivity contribution >= 4 is 59.7 Å². The largest absolute Gasteiger partial charge is 0.310 e. The minimum Gasteiger partial charge on any atom is -0.310 e. The van der Waals surface area contributed by atoms with Gasteiger partial charge in [-0.15, -0.1) is 0 Å². The van der Waals surface area contributed by atoms with Crippen LogP contribution in [0.4, 0.5) is 17.1 Å². The molecule has 0 unspecified atom stereocenters. The fraction of sp³-hybridized carbons (Fsp3) is 0.200. The summed E-state index contributed by atoms with van der Waals surface area (Å²) in [5.74, 6) is 0. The molecular formula is C35H31Br2N. The van der Waals surface area contributed by atoms with Gasteiger partial charge in [-0.25, -0.2) is 0 Å². The maximum absolute atomic E-state index is 3.61. The molecule has 0 spiro atoms. The Hall–Kier alpha value is -2.88. The van der Waals surface area contributed by atoms with E-state index in [1.165, 1.54) is 39.4 Å². The molecule has 0 radical (unpaired) electrons. The van der Waals surface area contributed by atoms with E-state index in [9.17, 15) is 0 Å². The first-order chi connectivity index (χ1) is 18.1. The fourth-order valence-corrected chi connectivity index (χ4v) is 6.98. The van der Waals surface area contributed by atoms with Crippen molar-refractivity contribution in [2.45, 2.75) is 44.9 Å². The van der Waals surface area contributed by atoms with Crippen LogP contribution in [-0.2, 0) is 10.8 Å². The van der Waals surface area contributed by atoms with E-state index in [2.05, 4.69) is 168 Å². The van der Waals surface area contributed by atoms with E-state index < -0.39 is 0 Å². The standard InChI is InChI=1S/C35H31Br2N/c1-34(2)22-35(3,4)33-20-24(9-18-32(33)34)31-21-29(19-23-7-5-6-8-30(23)31)38(27-14-10-25(36)11-15-27)28-16-12-26(37)13-17-28/h5-21H,22H2,1-4H3. The molecule has 190 valence electrons. The topological polar surface area (TPSA) is 3.24 Å². The second-order valence-electron chi connectivity index (χ2n) is 11.7. The highest BCUT2D eigenvalue weighted by Gasteiger charge is 2.41. The third kappa shape index (κ3) is 4.50. The van der Waals surface area contributed by atoms with Crippen molar-refractivity contribution in [3.63, 3.8) is 0 Å². The van der Waals surface area contributed by atoms with Gasteiger partial charge in [-0.1, -0.05) is 102 Å². The normalized spacial score (nSPS) is 15.4. The van der Waals surface area contributed by atoms with Gasteiger partial charge in [-0.2, -0.15) is 0 Å². The second-order valence-corrected chi connectivity index (χ2v) is 13.5. The molecular weight excluding hydrogens is 594 g/mol. The summed E-state index contributed by atoms with van der Waals surface area (Å²) >= 11 is 7.22. The molecule has 6 rings (SSSR count). The van der Waals surface area contributed by atoms with Crippen LogP contribution in [-0.4, -0.2) is 0 Å². The van der Waals surface area contributed by atoms with Crippen molar-refractivity contribution < 1.29 is 0 Å². The van der Waals surface area contributed by atoms with Gasteiger partial charge in [0, 0.05) is 26.0 Å². The highest BCUT2D eigenvalue weighted by Crippen LogP contribution is 2.51. The van der Waals surface area contributed by atoms with E-state index in [4.69, 9.17) is 0 Å². The molecule has 0 bridgehead atoms. The second kappa shape index (κ2) is 9.39. The monoisotopic (exact) mass is 623 g/mol. The van der Waals surface area contributed by atoms with Crippen LogP contribution in [0.1, 0.15) is 45.2 Å². The van der Waals surface area contributed by atoms with Gasteiger partial charge in [0.2, 0.25) is 0 Å². The number of halogens is 2. The molecule has 0 saturated heterocycles. The molecule has 5 aromatic rings. The predicted molar refractivity (Wildman–Crippen MR) is 170 cm³/mol. The van der Waals surface area contributed by atoms with Gasteiger partial charge in [0.25, 0.3) is 0 Å². The number of anilines is 3. The molecule has 0 N–H and O–H groups in total. The molecule has 1 aliphatic rings. The molecule has 0 aromatic heterocycles. The zero-order chi connectivity index (χ0) is 26.7. The SMILES string of the molecule is CC1(C)CC(C)(C)c2cc(-c3cc(N(c4ccc(Br)cc4)c4ccc(Br)cc4)cc4ccccc34)ccc21. The van der Waals surface area contributed by atoms with Crippen molar-refractivity contribution in [1.82, 2.24) is 0 Å². The first-order valence-corrected chi connectivity index (χ1v) is 14.7. The molecule has 0 atom stereocenters. The van der Waals surface area contributed by atoms with E-state index in [-0.39, 0.29) is 10.8 Å². The molecule has 0 heterocycles. The Bertz CT molecular complexity index is 1600. The molecule has 3 heteroatoms. The Morgan fingerprint density at radius 2 is 1.16 bits per heavy atom. The fourth-order valence-electron chi connectivity index (χ4n) is 6.45. The minimum atomic E-state index is 0.156. The van der Waals surface area contributed by atoms with E-state index in [1.54, 1.807) is 0 Å². The van der Waals surface area contributed by atoms with E-state index in [0.29, 0.717) is 0 Å². The lowest BCUT2D eigenvalue weighted by Gasteiger charge is -2.27. The van der Waals surface area contributed by atoms with Gasteiger partial charge >= 0.3 is 0 Å². The highest BCUT2D eigenvalue weighted by molar-refractivity contribution is 9.10. The van der Waals surface area contributed by atoms with Gasteiger partial charge in [-0.3, -0.25) is 0 Å². The predicted octanol–water partition coefficient (Wildman–Crippen LogP) is 11.5. The third-order valence-electron chi connectivity index (χ3n) is 7.95. The first kappa shape index (κ1) is 25.4. The highest BCUT2D eigenvalue weighted by atomic mass is 79.9. The maximum atomic E-state index is 3.61. The van der Waals surface area contributed by atoms with Crippen LogP contribution in [0, 0.1) is 0 Å². The summed E-state index contributed by atoms with van der Waals surface area (Å²) in [7, 11) is 0. The van der Waals surface area contributed by atoms with Gasteiger partial charge in [0.05, 0.1) is 0 Å². The lowest BCUT2D eigenvalue weighted by molar-refractivity contribution is 0.403. The quantitative estimate of drug-likeness (QED) is 0.192. The summed E-state index contributed by atoms with van der Waals surface area (Å²) in [6.45, 7) is 9.54. The van der Waals surface area contributed by atoms with Crippen LogP contribution in [0.5, 0.6) is 0 Å². The van der Waals surface area contributed by atoms with Crippen LogP contribution >= 0.6 is 31.9 Å². The van der Waals surface area contributed by atoms with Gasteiger partial charge in [0.1, 0.15) is 0 Å². The van der Waals surface area contributed by atoms with Crippen molar-refractivity contribution in [1.29, 1.82) is 0 Å². The molecule has 0 fully saturated rings.